The van der Waals surface area contributed by atoms with E-state index in [9.17, 15) is 0 Å². The van der Waals surface area contributed by atoms with Crippen LogP contribution in [0.4, 0.5) is 5.95 Å². The molecule has 4 rings (SSSR count). The fourth-order valence-electron chi connectivity index (χ4n) is 2.65. The second-order valence-corrected chi connectivity index (χ2v) is 8.91. The van der Waals surface area contributed by atoms with Crippen LogP contribution in [0.2, 0.25) is 0 Å². The number of rotatable bonds is 3. The second kappa shape index (κ2) is 6.82. The van der Waals surface area contributed by atoms with Crippen molar-refractivity contribution in [2.45, 2.75) is 13.8 Å². The summed E-state index contributed by atoms with van der Waals surface area (Å²) in [7, 11) is 0. The summed E-state index contributed by atoms with van der Waals surface area (Å²) < 4.78 is 0. The number of aryl methyl sites for hydroxylation is 2. The molecule has 3 aromatic rings. The monoisotopic (exact) mass is 374 g/mol. The SMILES string of the molecule is Cc1nc(-c2nc(N3CCSCC3)ncc2-c2ccsc2)sc1C. The van der Waals surface area contributed by atoms with Gasteiger partial charge >= 0.3 is 0 Å². The van der Waals surface area contributed by atoms with Gasteiger partial charge in [-0.05, 0) is 36.2 Å². The molecule has 4 nitrogen and oxygen atoms in total. The fraction of sp³-hybridized carbons (Fsp3) is 0.353. The first-order valence-corrected chi connectivity index (χ1v) is 10.8. The highest BCUT2D eigenvalue weighted by Gasteiger charge is 2.19. The van der Waals surface area contributed by atoms with E-state index in [1.54, 1.807) is 22.7 Å². The molecular formula is C17H18N4S3. The zero-order valence-electron chi connectivity index (χ0n) is 13.7. The normalized spacial score (nSPS) is 15.0. The number of hydrogen-bond donors (Lipinski definition) is 0. The third kappa shape index (κ3) is 3.08. The zero-order valence-corrected chi connectivity index (χ0v) is 16.1. The Bertz CT molecular complexity index is 816. The minimum atomic E-state index is 0.829. The number of thiophene rings is 1. The standard InChI is InChI=1S/C17H18N4S3/c1-11-12(2)24-16(19-11)15-14(13-3-6-23-10-13)9-18-17(20-15)21-4-7-22-8-5-21/h3,6,9-10H,4-5,7-8H2,1-2H3. The molecule has 0 amide bonds. The Morgan fingerprint density at radius 1 is 1.12 bits per heavy atom. The van der Waals surface area contributed by atoms with Crippen LogP contribution in [0.25, 0.3) is 21.8 Å². The molecule has 0 unspecified atom stereocenters. The fourth-order valence-corrected chi connectivity index (χ4v) is 5.13. The molecule has 0 aromatic carbocycles. The van der Waals surface area contributed by atoms with E-state index in [-0.39, 0.29) is 0 Å². The van der Waals surface area contributed by atoms with Gasteiger partial charge in [0.1, 0.15) is 10.7 Å². The van der Waals surface area contributed by atoms with Crippen LogP contribution in [0.1, 0.15) is 10.6 Å². The summed E-state index contributed by atoms with van der Waals surface area (Å²) in [5, 5.41) is 5.22. The van der Waals surface area contributed by atoms with Gasteiger partial charge in [-0.2, -0.15) is 23.1 Å². The van der Waals surface area contributed by atoms with E-state index in [4.69, 9.17) is 9.97 Å². The van der Waals surface area contributed by atoms with Crippen LogP contribution in [0.15, 0.2) is 23.0 Å². The highest BCUT2D eigenvalue weighted by Crippen LogP contribution is 2.35. The first-order valence-electron chi connectivity index (χ1n) is 7.89. The Hall–Kier alpha value is -1.44. The van der Waals surface area contributed by atoms with Gasteiger partial charge in [0, 0.05) is 41.2 Å². The average Bonchev–Trinajstić information content (AvgIpc) is 3.26. The van der Waals surface area contributed by atoms with Crippen LogP contribution in [0, 0.1) is 13.8 Å². The molecule has 0 radical (unpaired) electrons. The summed E-state index contributed by atoms with van der Waals surface area (Å²) in [6.45, 7) is 6.20. The topological polar surface area (TPSA) is 41.9 Å². The number of nitrogens with zero attached hydrogens (tertiary/aromatic N) is 4. The molecule has 3 aromatic heterocycles. The van der Waals surface area contributed by atoms with Crippen LogP contribution >= 0.6 is 34.4 Å². The molecule has 0 bridgehead atoms. The van der Waals surface area contributed by atoms with Crippen molar-refractivity contribution in [2.75, 3.05) is 29.5 Å². The highest BCUT2D eigenvalue weighted by molar-refractivity contribution is 7.99. The molecule has 1 saturated heterocycles. The Kier molecular flexibility index (Phi) is 4.56. The van der Waals surface area contributed by atoms with Crippen LogP contribution < -0.4 is 4.90 Å². The summed E-state index contributed by atoms with van der Waals surface area (Å²) in [4.78, 5) is 17.9. The third-order valence-corrected chi connectivity index (χ3v) is 6.84. The molecule has 0 atom stereocenters. The Morgan fingerprint density at radius 2 is 1.96 bits per heavy atom. The first-order chi connectivity index (χ1) is 11.7. The molecule has 1 fully saturated rings. The third-order valence-electron chi connectivity index (χ3n) is 4.13. The number of anilines is 1. The second-order valence-electron chi connectivity index (χ2n) is 5.70. The predicted octanol–water partition coefficient (Wildman–Crippen LogP) is 4.50. The average molecular weight is 375 g/mol. The summed E-state index contributed by atoms with van der Waals surface area (Å²) in [6.07, 6.45) is 1.97. The molecule has 124 valence electrons. The minimum absolute atomic E-state index is 0.829. The maximum Gasteiger partial charge on any atom is 0.226 e. The minimum Gasteiger partial charge on any atom is -0.339 e. The summed E-state index contributed by atoms with van der Waals surface area (Å²) in [5.74, 6) is 3.11. The van der Waals surface area contributed by atoms with Gasteiger partial charge < -0.3 is 4.90 Å². The van der Waals surface area contributed by atoms with E-state index in [1.807, 2.05) is 18.0 Å². The van der Waals surface area contributed by atoms with Crippen LogP contribution in [-0.2, 0) is 0 Å². The van der Waals surface area contributed by atoms with Crippen LogP contribution in [-0.4, -0.2) is 39.5 Å². The summed E-state index contributed by atoms with van der Waals surface area (Å²) in [6, 6.07) is 2.12. The van der Waals surface area contributed by atoms with Gasteiger partial charge in [0.05, 0.1) is 5.69 Å². The Morgan fingerprint density at radius 3 is 2.62 bits per heavy atom. The van der Waals surface area contributed by atoms with Crippen molar-refractivity contribution in [3.05, 3.63) is 33.6 Å². The van der Waals surface area contributed by atoms with E-state index < -0.39 is 0 Å². The van der Waals surface area contributed by atoms with Gasteiger partial charge in [-0.25, -0.2) is 15.0 Å². The van der Waals surface area contributed by atoms with Gasteiger partial charge in [-0.15, -0.1) is 11.3 Å². The van der Waals surface area contributed by atoms with Crippen molar-refractivity contribution in [1.82, 2.24) is 15.0 Å². The first kappa shape index (κ1) is 16.1. The largest absolute Gasteiger partial charge is 0.339 e. The van der Waals surface area contributed by atoms with E-state index >= 15 is 0 Å². The van der Waals surface area contributed by atoms with Crippen molar-refractivity contribution in [1.29, 1.82) is 0 Å². The molecule has 0 N–H and O–H groups in total. The molecule has 24 heavy (non-hydrogen) atoms. The molecule has 0 aliphatic carbocycles. The van der Waals surface area contributed by atoms with E-state index in [0.717, 1.165) is 52.5 Å². The smallest absolute Gasteiger partial charge is 0.226 e. The number of hydrogen-bond acceptors (Lipinski definition) is 7. The Labute approximate surface area is 154 Å². The molecule has 1 aliphatic rings. The van der Waals surface area contributed by atoms with E-state index in [2.05, 4.69) is 40.6 Å². The van der Waals surface area contributed by atoms with Crippen molar-refractivity contribution < 1.29 is 0 Å². The summed E-state index contributed by atoms with van der Waals surface area (Å²) >= 11 is 5.40. The molecule has 1 aliphatic heterocycles. The van der Waals surface area contributed by atoms with E-state index in [0.29, 0.717) is 0 Å². The van der Waals surface area contributed by atoms with Gasteiger partial charge in [-0.1, -0.05) is 0 Å². The molecule has 0 spiro atoms. The zero-order chi connectivity index (χ0) is 16.5. The Balaban J connectivity index is 1.82. The van der Waals surface area contributed by atoms with Crippen LogP contribution in [0.3, 0.4) is 0 Å². The lowest BCUT2D eigenvalue weighted by Gasteiger charge is -2.26. The molecule has 0 saturated carbocycles. The van der Waals surface area contributed by atoms with Crippen molar-refractivity contribution in [3.63, 3.8) is 0 Å². The maximum atomic E-state index is 4.94. The van der Waals surface area contributed by atoms with Gasteiger partial charge in [0.25, 0.3) is 0 Å². The maximum absolute atomic E-state index is 4.94. The molecule has 4 heterocycles. The van der Waals surface area contributed by atoms with Gasteiger partial charge in [0.2, 0.25) is 5.95 Å². The molecule has 7 heteroatoms. The quantitative estimate of drug-likeness (QED) is 0.675. The van der Waals surface area contributed by atoms with Crippen molar-refractivity contribution in [2.24, 2.45) is 0 Å². The summed E-state index contributed by atoms with van der Waals surface area (Å²) in [5.41, 5.74) is 4.28. The number of aromatic nitrogens is 3. The van der Waals surface area contributed by atoms with Crippen molar-refractivity contribution in [3.8, 4) is 21.8 Å². The van der Waals surface area contributed by atoms with Gasteiger partial charge in [-0.3, -0.25) is 0 Å². The highest BCUT2D eigenvalue weighted by atomic mass is 32.2. The lowest BCUT2D eigenvalue weighted by atomic mass is 10.1. The lowest BCUT2D eigenvalue weighted by molar-refractivity contribution is 0.816. The van der Waals surface area contributed by atoms with Gasteiger partial charge in [0.15, 0.2) is 0 Å². The number of thioether (sulfide) groups is 1. The molecular weight excluding hydrogens is 356 g/mol. The lowest BCUT2D eigenvalue weighted by Crippen LogP contribution is -2.33. The predicted molar refractivity (Wildman–Crippen MR) is 105 cm³/mol. The van der Waals surface area contributed by atoms with Crippen molar-refractivity contribution >= 4 is 40.4 Å². The van der Waals surface area contributed by atoms with E-state index in [1.165, 1.54) is 10.4 Å². The number of thiazole rings is 1. The van der Waals surface area contributed by atoms with Crippen LogP contribution in [0.5, 0.6) is 0 Å².